The molecule has 0 aliphatic carbocycles. The van der Waals surface area contributed by atoms with Crippen molar-refractivity contribution in [1.82, 2.24) is 10.2 Å². The predicted octanol–water partition coefficient (Wildman–Crippen LogP) is 5.73. The normalized spacial score (nSPS) is 22.6. The second-order valence-electron chi connectivity index (χ2n) is 10.4. The van der Waals surface area contributed by atoms with Gasteiger partial charge in [-0.1, -0.05) is 17.7 Å². The van der Waals surface area contributed by atoms with Gasteiger partial charge in [-0.25, -0.2) is 4.39 Å². The summed E-state index contributed by atoms with van der Waals surface area (Å²) in [5.41, 5.74) is 9.76. The number of fused-ring (bicyclic) bond motifs is 2. The number of rotatable bonds is 9. The van der Waals surface area contributed by atoms with Crippen molar-refractivity contribution in [3.05, 3.63) is 63.4 Å². The number of nitrogens with one attached hydrogen (secondary N) is 1. The molecular formula is C29H38ClFN4O2. The Bertz CT molecular complexity index is 1150. The number of aliphatic imine (C=N–C) groups is 1. The van der Waals surface area contributed by atoms with Crippen molar-refractivity contribution in [2.75, 3.05) is 13.2 Å². The molecule has 3 atom stereocenters. The number of hydrogen-bond acceptors (Lipinski definition) is 4. The number of nitrogens with two attached hydrogens (primary N) is 1. The SMILES string of the molecule is CC(N)=NCCCOc1ccc(C(C)N2C3CCC2CC(NC(=O)c2ccc(F)c(Cl)c2)C3)c(C)c1C. The van der Waals surface area contributed by atoms with Crippen LogP contribution in [0.2, 0.25) is 5.02 Å². The number of carbonyl (C=O) groups excluding carboxylic acids is 1. The van der Waals surface area contributed by atoms with Crippen molar-refractivity contribution < 1.29 is 13.9 Å². The van der Waals surface area contributed by atoms with Gasteiger partial charge in [0.25, 0.3) is 5.91 Å². The Labute approximate surface area is 224 Å². The molecule has 2 aliphatic rings. The molecule has 2 fully saturated rings. The smallest absolute Gasteiger partial charge is 0.251 e. The molecule has 4 rings (SSSR count). The van der Waals surface area contributed by atoms with Gasteiger partial charge in [-0.3, -0.25) is 14.7 Å². The zero-order chi connectivity index (χ0) is 26.7. The van der Waals surface area contributed by atoms with Gasteiger partial charge in [0.15, 0.2) is 0 Å². The maximum Gasteiger partial charge on any atom is 0.251 e. The first-order valence-electron chi connectivity index (χ1n) is 13.2. The number of hydrogen-bond donors (Lipinski definition) is 2. The molecule has 0 spiro atoms. The first kappa shape index (κ1) is 27.4. The van der Waals surface area contributed by atoms with Crippen LogP contribution in [0.3, 0.4) is 0 Å². The van der Waals surface area contributed by atoms with Crippen LogP contribution in [0.15, 0.2) is 35.3 Å². The molecule has 200 valence electrons. The quantitative estimate of drug-likeness (QED) is 0.247. The van der Waals surface area contributed by atoms with Gasteiger partial charge in [0.2, 0.25) is 0 Å². The number of ether oxygens (including phenoxy) is 1. The summed E-state index contributed by atoms with van der Waals surface area (Å²) in [6.45, 7) is 9.68. The van der Waals surface area contributed by atoms with Crippen molar-refractivity contribution in [2.24, 2.45) is 10.7 Å². The molecule has 1 amide bonds. The summed E-state index contributed by atoms with van der Waals surface area (Å²) in [6, 6.07) is 9.62. The molecule has 2 heterocycles. The minimum absolute atomic E-state index is 0.0331. The van der Waals surface area contributed by atoms with E-state index in [-0.39, 0.29) is 23.0 Å². The minimum Gasteiger partial charge on any atom is -0.493 e. The Kier molecular flexibility index (Phi) is 8.75. The molecule has 2 saturated heterocycles. The Balaban J connectivity index is 1.38. The molecule has 6 nitrogen and oxygen atoms in total. The fraction of sp³-hybridized carbons (Fsp3) is 0.517. The third-order valence-corrected chi connectivity index (χ3v) is 8.19. The van der Waals surface area contributed by atoms with Crippen LogP contribution in [0.5, 0.6) is 5.75 Å². The van der Waals surface area contributed by atoms with Crippen molar-refractivity contribution in [1.29, 1.82) is 0 Å². The van der Waals surface area contributed by atoms with Crippen LogP contribution in [0.25, 0.3) is 0 Å². The molecule has 0 radical (unpaired) electrons. The molecule has 3 N–H and O–H groups in total. The molecule has 8 heteroatoms. The summed E-state index contributed by atoms with van der Waals surface area (Å²) in [5.74, 6) is 0.812. The maximum atomic E-state index is 13.5. The molecule has 0 aromatic heterocycles. The Hall–Kier alpha value is -2.64. The highest BCUT2D eigenvalue weighted by molar-refractivity contribution is 6.31. The van der Waals surface area contributed by atoms with E-state index in [1.165, 1.54) is 34.9 Å². The van der Waals surface area contributed by atoms with Gasteiger partial charge in [0.05, 0.1) is 17.5 Å². The number of carbonyl (C=O) groups is 1. The molecule has 2 aromatic rings. The Morgan fingerprint density at radius 2 is 1.92 bits per heavy atom. The molecule has 2 aromatic carbocycles. The largest absolute Gasteiger partial charge is 0.493 e. The molecular weight excluding hydrogens is 491 g/mol. The van der Waals surface area contributed by atoms with Crippen molar-refractivity contribution in [2.45, 2.75) is 84.0 Å². The monoisotopic (exact) mass is 528 g/mol. The summed E-state index contributed by atoms with van der Waals surface area (Å²) in [6.07, 6.45) is 4.91. The lowest BCUT2D eigenvalue weighted by Gasteiger charge is -2.43. The third kappa shape index (κ3) is 6.27. The van der Waals surface area contributed by atoms with Gasteiger partial charge >= 0.3 is 0 Å². The second kappa shape index (κ2) is 11.8. The van der Waals surface area contributed by atoms with Gasteiger partial charge in [0.1, 0.15) is 11.6 Å². The van der Waals surface area contributed by atoms with E-state index in [4.69, 9.17) is 22.1 Å². The fourth-order valence-corrected chi connectivity index (χ4v) is 6.14. The van der Waals surface area contributed by atoms with E-state index in [1.54, 1.807) is 6.92 Å². The van der Waals surface area contributed by atoms with Crippen LogP contribution in [0.1, 0.15) is 79.0 Å². The first-order valence-corrected chi connectivity index (χ1v) is 13.6. The minimum atomic E-state index is -0.518. The van der Waals surface area contributed by atoms with Crippen LogP contribution >= 0.6 is 11.6 Å². The number of amidine groups is 1. The number of halogens is 2. The van der Waals surface area contributed by atoms with E-state index in [9.17, 15) is 9.18 Å². The van der Waals surface area contributed by atoms with Gasteiger partial charge < -0.3 is 15.8 Å². The molecule has 37 heavy (non-hydrogen) atoms. The lowest BCUT2D eigenvalue weighted by Crippen LogP contribution is -2.51. The molecule has 2 aliphatic heterocycles. The van der Waals surface area contributed by atoms with Crippen LogP contribution in [-0.2, 0) is 0 Å². The van der Waals surface area contributed by atoms with E-state index >= 15 is 0 Å². The van der Waals surface area contributed by atoms with E-state index in [1.807, 2.05) is 0 Å². The highest BCUT2D eigenvalue weighted by Crippen LogP contribution is 2.43. The van der Waals surface area contributed by atoms with Crippen LogP contribution < -0.4 is 15.8 Å². The van der Waals surface area contributed by atoms with E-state index in [2.05, 4.69) is 48.1 Å². The van der Waals surface area contributed by atoms with Gasteiger partial charge in [-0.2, -0.15) is 0 Å². The second-order valence-corrected chi connectivity index (χ2v) is 10.8. The molecule has 3 unspecified atom stereocenters. The molecule has 0 saturated carbocycles. The number of nitrogens with zero attached hydrogens (tertiary/aromatic N) is 2. The lowest BCUT2D eigenvalue weighted by atomic mass is 9.91. The highest BCUT2D eigenvalue weighted by atomic mass is 35.5. The van der Waals surface area contributed by atoms with Gasteiger partial charge in [-0.05, 0) is 94.3 Å². The van der Waals surface area contributed by atoms with Crippen molar-refractivity contribution in [3.63, 3.8) is 0 Å². The topological polar surface area (TPSA) is 80.0 Å². The predicted molar refractivity (Wildman–Crippen MR) is 147 cm³/mol. The average molecular weight is 529 g/mol. The maximum absolute atomic E-state index is 13.5. The van der Waals surface area contributed by atoms with Gasteiger partial charge in [-0.15, -0.1) is 0 Å². The number of benzene rings is 2. The number of piperidine rings is 1. The first-order chi connectivity index (χ1) is 17.7. The summed E-state index contributed by atoms with van der Waals surface area (Å²) in [4.78, 5) is 19.6. The van der Waals surface area contributed by atoms with Crippen molar-refractivity contribution >= 4 is 23.3 Å². The summed E-state index contributed by atoms with van der Waals surface area (Å²) in [5, 5.41) is 3.13. The highest BCUT2D eigenvalue weighted by Gasteiger charge is 2.43. The van der Waals surface area contributed by atoms with Gasteiger partial charge in [0, 0.05) is 42.7 Å². The van der Waals surface area contributed by atoms with Crippen LogP contribution in [0, 0.1) is 19.7 Å². The Morgan fingerprint density at radius 1 is 1.22 bits per heavy atom. The lowest BCUT2D eigenvalue weighted by molar-refractivity contribution is 0.0689. The Morgan fingerprint density at radius 3 is 2.57 bits per heavy atom. The summed E-state index contributed by atoms with van der Waals surface area (Å²) >= 11 is 5.87. The van der Waals surface area contributed by atoms with Crippen molar-refractivity contribution in [3.8, 4) is 5.75 Å². The zero-order valence-electron chi connectivity index (χ0n) is 22.2. The average Bonchev–Trinajstić information content (AvgIpc) is 3.12. The standard InChI is InChI=1S/C29H38ClFN4O2/c1-17-18(2)28(37-13-5-12-33-20(4)32)11-9-25(17)19(3)35-23-7-8-24(35)16-22(15-23)34-29(36)21-6-10-27(31)26(30)14-21/h6,9-11,14,19,22-24H,5,7-8,12-13,15-16H2,1-4H3,(H2,32,33)(H,34,36). The van der Waals surface area contributed by atoms with E-state index < -0.39 is 5.82 Å². The molecule has 2 bridgehead atoms. The van der Waals surface area contributed by atoms with Crippen LogP contribution in [0.4, 0.5) is 4.39 Å². The van der Waals surface area contributed by atoms with E-state index in [0.717, 1.165) is 37.9 Å². The summed E-state index contributed by atoms with van der Waals surface area (Å²) in [7, 11) is 0. The third-order valence-electron chi connectivity index (χ3n) is 7.90. The zero-order valence-corrected chi connectivity index (χ0v) is 22.9. The fourth-order valence-electron chi connectivity index (χ4n) is 5.96. The van der Waals surface area contributed by atoms with Crippen LogP contribution in [-0.4, -0.2) is 47.9 Å². The van der Waals surface area contributed by atoms with E-state index in [0.29, 0.717) is 36.6 Å². The summed E-state index contributed by atoms with van der Waals surface area (Å²) < 4.78 is 19.5. The number of amides is 1.